The number of hydrogen-bond donors (Lipinski definition) is 0. The first-order valence-electron chi connectivity index (χ1n) is 15.0. The first kappa shape index (κ1) is 26.2. The molecule has 0 radical (unpaired) electrons. The Morgan fingerprint density at radius 1 is 0.386 bits per heavy atom. The van der Waals surface area contributed by atoms with Gasteiger partial charge in [-0.1, -0.05) is 72.8 Å². The van der Waals surface area contributed by atoms with Crippen LogP contribution >= 0.6 is 0 Å². The quantitative estimate of drug-likeness (QED) is 0.213. The monoisotopic (exact) mass is 568 g/mol. The molecule has 0 aromatic heterocycles. The van der Waals surface area contributed by atoms with Crippen molar-refractivity contribution in [2.45, 2.75) is 0 Å². The SMILES string of the molecule is CN(C)c1ccc(C2=N/C(=C3/N=C(c4ccc(N(C)C)cc4)c4cc5ccccc5cc43)c3cc4ccccc4cc32)cc1. The van der Waals surface area contributed by atoms with Crippen LogP contribution in [0.3, 0.4) is 0 Å². The van der Waals surface area contributed by atoms with Gasteiger partial charge in [-0.05, 0) is 70.1 Å². The highest BCUT2D eigenvalue weighted by Crippen LogP contribution is 2.44. The zero-order valence-corrected chi connectivity index (χ0v) is 25.3. The number of nitrogens with zero attached hydrogens (tertiary/aromatic N) is 4. The van der Waals surface area contributed by atoms with Crippen LogP contribution in [0.5, 0.6) is 0 Å². The van der Waals surface area contributed by atoms with Crippen molar-refractivity contribution in [3.8, 4) is 0 Å². The van der Waals surface area contributed by atoms with Crippen LogP contribution in [0.25, 0.3) is 32.9 Å². The third-order valence-corrected chi connectivity index (χ3v) is 8.78. The van der Waals surface area contributed by atoms with E-state index in [1.54, 1.807) is 0 Å². The van der Waals surface area contributed by atoms with Gasteiger partial charge < -0.3 is 9.80 Å². The summed E-state index contributed by atoms with van der Waals surface area (Å²) in [5.74, 6) is 0. The minimum atomic E-state index is 0.925. The Kier molecular flexibility index (Phi) is 5.98. The van der Waals surface area contributed by atoms with Gasteiger partial charge in [-0.25, -0.2) is 9.98 Å². The molecule has 2 aliphatic rings. The second-order valence-electron chi connectivity index (χ2n) is 12.0. The predicted molar refractivity (Wildman–Crippen MR) is 188 cm³/mol. The summed E-state index contributed by atoms with van der Waals surface area (Å²) in [6, 6.07) is 43.6. The van der Waals surface area contributed by atoms with E-state index in [4.69, 9.17) is 9.98 Å². The Bertz CT molecular complexity index is 2040. The highest BCUT2D eigenvalue weighted by Gasteiger charge is 2.31. The van der Waals surface area contributed by atoms with E-state index in [1.807, 2.05) is 0 Å². The molecule has 0 bridgehead atoms. The number of rotatable bonds is 4. The summed E-state index contributed by atoms with van der Waals surface area (Å²) < 4.78 is 0. The van der Waals surface area contributed by atoms with E-state index < -0.39 is 0 Å². The van der Waals surface area contributed by atoms with Gasteiger partial charge in [0.15, 0.2) is 0 Å². The molecular weight excluding hydrogens is 536 g/mol. The topological polar surface area (TPSA) is 31.2 Å². The van der Waals surface area contributed by atoms with Gasteiger partial charge in [-0.15, -0.1) is 0 Å². The number of fused-ring (bicyclic) bond motifs is 4. The lowest BCUT2D eigenvalue weighted by molar-refractivity contribution is 1.13. The number of benzene rings is 6. The van der Waals surface area contributed by atoms with Crippen molar-refractivity contribution in [1.29, 1.82) is 0 Å². The minimum Gasteiger partial charge on any atom is -0.378 e. The van der Waals surface area contributed by atoms with Crippen molar-refractivity contribution in [2.75, 3.05) is 38.0 Å². The highest BCUT2D eigenvalue weighted by molar-refractivity contribution is 6.28. The summed E-state index contributed by atoms with van der Waals surface area (Å²) in [4.78, 5) is 15.1. The first-order valence-corrected chi connectivity index (χ1v) is 15.0. The van der Waals surface area contributed by atoms with Crippen LogP contribution in [0.4, 0.5) is 11.4 Å². The Balaban J connectivity index is 1.40. The van der Waals surface area contributed by atoms with Gasteiger partial charge in [0.1, 0.15) is 0 Å². The summed E-state index contributed by atoms with van der Waals surface area (Å²) in [6.07, 6.45) is 0. The van der Waals surface area contributed by atoms with E-state index in [0.717, 1.165) is 67.6 Å². The largest absolute Gasteiger partial charge is 0.378 e. The Morgan fingerprint density at radius 3 is 1.02 bits per heavy atom. The molecule has 0 saturated heterocycles. The maximum Gasteiger partial charge on any atom is 0.0979 e. The molecule has 212 valence electrons. The van der Waals surface area contributed by atoms with E-state index in [1.165, 1.54) is 21.5 Å². The molecule has 6 aromatic rings. The van der Waals surface area contributed by atoms with Gasteiger partial charge >= 0.3 is 0 Å². The Labute approximate surface area is 257 Å². The van der Waals surface area contributed by atoms with Crippen LogP contribution in [0.1, 0.15) is 33.4 Å². The summed E-state index contributed by atoms with van der Waals surface area (Å²) in [7, 11) is 8.27. The molecule has 0 atom stereocenters. The van der Waals surface area contributed by atoms with Crippen LogP contribution in [-0.2, 0) is 0 Å². The van der Waals surface area contributed by atoms with Gasteiger partial charge in [0.2, 0.25) is 0 Å². The molecular formula is C40H32N4. The van der Waals surface area contributed by atoms with Crippen LogP contribution in [0.15, 0.2) is 131 Å². The first-order chi connectivity index (χ1) is 21.4. The van der Waals surface area contributed by atoms with Gasteiger partial charge in [-0.3, -0.25) is 0 Å². The second-order valence-corrected chi connectivity index (χ2v) is 12.0. The van der Waals surface area contributed by atoms with E-state index >= 15 is 0 Å². The molecule has 0 unspecified atom stereocenters. The maximum absolute atomic E-state index is 5.42. The number of hydrogen-bond acceptors (Lipinski definition) is 4. The second kappa shape index (κ2) is 10.1. The fourth-order valence-corrected chi connectivity index (χ4v) is 6.36. The Hall–Kier alpha value is -5.48. The summed E-state index contributed by atoms with van der Waals surface area (Å²) in [5.41, 5.74) is 12.9. The van der Waals surface area contributed by atoms with E-state index in [0.29, 0.717) is 0 Å². The van der Waals surface area contributed by atoms with Crippen molar-refractivity contribution < 1.29 is 0 Å². The standard InChI is InChI=1S/C40H32N4/c1-43(2)31-17-13-25(14-18-31)37-33-21-27-9-5-7-11-29(27)23-35(33)39(41-37)40-36-24-30-12-8-6-10-28(30)22-34(36)38(42-40)26-15-19-32(20-16-26)44(3)4/h5-24H,1-4H3/b40-39+. The van der Waals surface area contributed by atoms with Gasteiger partial charge in [0.05, 0.1) is 22.8 Å². The highest BCUT2D eigenvalue weighted by atomic mass is 15.1. The summed E-state index contributed by atoms with van der Waals surface area (Å²) >= 11 is 0. The molecule has 0 amide bonds. The summed E-state index contributed by atoms with van der Waals surface area (Å²) in [5, 5.41) is 4.81. The van der Waals surface area contributed by atoms with E-state index in [2.05, 4.69) is 159 Å². The average molecular weight is 569 g/mol. The Morgan fingerprint density at radius 2 is 0.705 bits per heavy atom. The van der Waals surface area contributed by atoms with Crippen molar-refractivity contribution >= 4 is 55.7 Å². The molecule has 0 saturated carbocycles. The van der Waals surface area contributed by atoms with Gasteiger partial charge in [0, 0.05) is 72.9 Å². The molecule has 0 N–H and O–H groups in total. The molecule has 2 aliphatic heterocycles. The predicted octanol–water partition coefficient (Wildman–Crippen LogP) is 8.65. The van der Waals surface area contributed by atoms with Crippen molar-refractivity contribution in [2.24, 2.45) is 9.98 Å². The molecule has 2 heterocycles. The molecule has 4 nitrogen and oxygen atoms in total. The summed E-state index contributed by atoms with van der Waals surface area (Å²) in [6.45, 7) is 0. The van der Waals surface area contributed by atoms with Crippen molar-refractivity contribution in [1.82, 2.24) is 0 Å². The third kappa shape index (κ3) is 4.22. The molecule has 0 spiro atoms. The van der Waals surface area contributed by atoms with Crippen LogP contribution < -0.4 is 9.80 Å². The lowest BCUT2D eigenvalue weighted by atomic mass is 9.93. The van der Waals surface area contributed by atoms with Gasteiger partial charge in [0.25, 0.3) is 0 Å². The fraction of sp³-hybridized carbons (Fsp3) is 0.100. The fourth-order valence-electron chi connectivity index (χ4n) is 6.36. The smallest absolute Gasteiger partial charge is 0.0979 e. The molecule has 6 aromatic carbocycles. The lowest BCUT2D eigenvalue weighted by Crippen LogP contribution is -2.09. The normalized spacial score (nSPS) is 15.3. The molecule has 0 aliphatic carbocycles. The molecule has 8 rings (SSSR count). The van der Waals surface area contributed by atoms with E-state index in [9.17, 15) is 0 Å². The lowest BCUT2D eigenvalue weighted by Gasteiger charge is -2.13. The van der Waals surface area contributed by atoms with Crippen LogP contribution in [-0.4, -0.2) is 39.6 Å². The number of aliphatic imine (C=N–C) groups is 2. The number of anilines is 2. The average Bonchev–Trinajstić information content (AvgIpc) is 3.60. The third-order valence-electron chi connectivity index (χ3n) is 8.78. The van der Waals surface area contributed by atoms with E-state index in [-0.39, 0.29) is 0 Å². The van der Waals surface area contributed by atoms with Crippen LogP contribution in [0.2, 0.25) is 0 Å². The molecule has 0 fully saturated rings. The van der Waals surface area contributed by atoms with Crippen molar-refractivity contribution in [3.05, 3.63) is 155 Å². The zero-order valence-electron chi connectivity index (χ0n) is 25.3. The van der Waals surface area contributed by atoms with Gasteiger partial charge in [-0.2, -0.15) is 0 Å². The maximum atomic E-state index is 5.42. The zero-order chi connectivity index (χ0) is 29.9. The van der Waals surface area contributed by atoms with Crippen molar-refractivity contribution in [3.63, 3.8) is 0 Å². The molecule has 4 heteroatoms. The minimum absolute atomic E-state index is 0.925. The van der Waals surface area contributed by atoms with Crippen LogP contribution in [0, 0.1) is 0 Å². The molecule has 44 heavy (non-hydrogen) atoms.